The number of ketones is 2. The molecule has 1 aromatic carbocycles. The van der Waals surface area contributed by atoms with Gasteiger partial charge in [0.15, 0.2) is 0 Å². The monoisotopic (exact) mass is 401 g/mol. The van der Waals surface area contributed by atoms with Crippen molar-refractivity contribution >= 4 is 33.2 Å². The van der Waals surface area contributed by atoms with Gasteiger partial charge >= 0.3 is 0 Å². The molecule has 1 aromatic heterocycles. The van der Waals surface area contributed by atoms with E-state index in [1.165, 1.54) is 30.5 Å². The van der Waals surface area contributed by atoms with Crippen LogP contribution < -0.4 is 0 Å². The van der Waals surface area contributed by atoms with Gasteiger partial charge in [-0.2, -0.15) is 0 Å². The first-order valence-corrected chi connectivity index (χ1v) is 8.03. The fourth-order valence-corrected chi connectivity index (χ4v) is 3.50. The lowest BCUT2D eigenvalue weighted by Gasteiger charge is -2.24. The number of halogens is 1. The van der Waals surface area contributed by atoms with Gasteiger partial charge in [-0.15, -0.1) is 0 Å². The number of para-hydroxylation sites is 1. The van der Waals surface area contributed by atoms with Crippen molar-refractivity contribution in [3.63, 3.8) is 0 Å². The van der Waals surface area contributed by atoms with Crippen molar-refractivity contribution in [3.8, 4) is 11.3 Å². The van der Waals surface area contributed by atoms with E-state index in [1.54, 1.807) is 25.1 Å². The Morgan fingerprint density at radius 3 is 2.40 bits per heavy atom. The molecule has 7 nitrogen and oxygen atoms in total. The Balaban J connectivity index is 2.32. The summed E-state index contributed by atoms with van der Waals surface area (Å²) < 4.78 is 0.114. The highest BCUT2D eigenvalue weighted by atomic mass is 79.9. The first-order chi connectivity index (χ1) is 11.8. The largest absolute Gasteiger partial charge is 0.373 e. The number of aromatic nitrogens is 1. The Labute approximate surface area is 151 Å². The molecule has 0 aliphatic heterocycles. The zero-order valence-electron chi connectivity index (χ0n) is 13.3. The fourth-order valence-electron chi connectivity index (χ4n) is 2.76. The van der Waals surface area contributed by atoms with Crippen LogP contribution in [-0.2, 0) is 0 Å². The normalized spacial score (nSPS) is 13.7. The molecule has 0 bridgehead atoms. The van der Waals surface area contributed by atoms with Crippen LogP contribution in [0.2, 0.25) is 0 Å². The second kappa shape index (κ2) is 6.21. The topological polar surface area (TPSA) is 93.4 Å². The Morgan fingerprint density at radius 2 is 1.76 bits per heavy atom. The summed E-state index contributed by atoms with van der Waals surface area (Å²) >= 11 is 3.19. The minimum atomic E-state index is -0.540. The maximum atomic E-state index is 12.9. The van der Waals surface area contributed by atoms with Gasteiger partial charge in [-0.3, -0.25) is 24.7 Å². The van der Waals surface area contributed by atoms with Crippen molar-refractivity contribution in [1.82, 2.24) is 9.88 Å². The number of Topliss-reactive ketones (excluding diaryl/α,β-unsaturated/α-hetero) is 2. The molecule has 0 fully saturated rings. The first kappa shape index (κ1) is 17.0. The SMILES string of the molecule is CN(C)C1=C(Br)C(=O)c2c(ccnc2-c2ccccc2[N+](=O)[O-])C1=O. The third kappa shape index (κ3) is 2.64. The van der Waals surface area contributed by atoms with Gasteiger partial charge in [-0.25, -0.2) is 0 Å². The second-order valence-corrected chi connectivity index (χ2v) is 6.36. The zero-order valence-corrected chi connectivity index (χ0v) is 14.9. The number of allylic oxidation sites excluding steroid dienone is 2. The van der Waals surface area contributed by atoms with Crippen LogP contribution in [0.4, 0.5) is 5.69 Å². The highest BCUT2D eigenvalue weighted by Gasteiger charge is 2.35. The number of rotatable bonds is 3. The van der Waals surface area contributed by atoms with Crippen molar-refractivity contribution in [2.75, 3.05) is 14.1 Å². The molecular weight excluding hydrogens is 390 g/mol. The van der Waals surface area contributed by atoms with E-state index in [4.69, 9.17) is 0 Å². The van der Waals surface area contributed by atoms with Crippen molar-refractivity contribution in [1.29, 1.82) is 0 Å². The number of benzene rings is 1. The molecule has 1 heterocycles. The van der Waals surface area contributed by atoms with Crippen LogP contribution in [0.5, 0.6) is 0 Å². The third-order valence-electron chi connectivity index (χ3n) is 3.85. The van der Waals surface area contributed by atoms with Crippen LogP contribution in [0.15, 0.2) is 46.7 Å². The number of nitro benzene ring substituents is 1. The smallest absolute Gasteiger partial charge is 0.278 e. The van der Waals surface area contributed by atoms with Crippen LogP contribution >= 0.6 is 15.9 Å². The Hall–Kier alpha value is -2.87. The molecule has 0 saturated carbocycles. The van der Waals surface area contributed by atoms with Gasteiger partial charge in [0.2, 0.25) is 11.6 Å². The van der Waals surface area contributed by atoms with Gasteiger partial charge in [0, 0.05) is 31.9 Å². The lowest BCUT2D eigenvalue weighted by molar-refractivity contribution is -0.384. The highest BCUT2D eigenvalue weighted by molar-refractivity contribution is 9.12. The average Bonchev–Trinajstić information content (AvgIpc) is 2.59. The number of hydrogen-bond donors (Lipinski definition) is 0. The molecule has 1 aliphatic rings. The van der Waals surface area contributed by atoms with Gasteiger partial charge < -0.3 is 4.90 Å². The summed E-state index contributed by atoms with van der Waals surface area (Å²) in [5, 5.41) is 11.3. The summed E-state index contributed by atoms with van der Waals surface area (Å²) in [7, 11) is 3.33. The van der Waals surface area contributed by atoms with E-state index in [2.05, 4.69) is 20.9 Å². The van der Waals surface area contributed by atoms with E-state index in [0.717, 1.165) is 0 Å². The minimum absolute atomic E-state index is 0.0688. The van der Waals surface area contributed by atoms with E-state index < -0.39 is 10.7 Å². The predicted molar refractivity (Wildman–Crippen MR) is 94.6 cm³/mol. The summed E-state index contributed by atoms with van der Waals surface area (Å²) in [6.07, 6.45) is 1.38. The first-order valence-electron chi connectivity index (χ1n) is 7.24. The molecule has 25 heavy (non-hydrogen) atoms. The van der Waals surface area contributed by atoms with E-state index in [-0.39, 0.29) is 44.0 Å². The summed E-state index contributed by atoms with van der Waals surface area (Å²) in [5.74, 6) is -0.770. The van der Waals surface area contributed by atoms with Crippen LogP contribution in [-0.4, -0.2) is 40.5 Å². The van der Waals surface area contributed by atoms with Crippen molar-refractivity contribution < 1.29 is 14.5 Å². The molecule has 8 heteroatoms. The van der Waals surface area contributed by atoms with Crippen molar-refractivity contribution in [2.45, 2.75) is 0 Å². The Kier molecular flexibility index (Phi) is 4.22. The standard InChI is InChI=1S/C17H12BrN3O4/c1-20(2)15-13(18)17(23)12-10(16(15)22)7-8-19-14(12)9-5-3-4-6-11(9)21(24)25/h3-8H,1-2H3. The number of carbonyl (C=O) groups excluding carboxylic acids is 2. The molecule has 0 saturated heterocycles. The number of nitrogens with zero attached hydrogens (tertiary/aromatic N) is 3. The van der Waals surface area contributed by atoms with Crippen LogP contribution in [0.3, 0.4) is 0 Å². The van der Waals surface area contributed by atoms with Gasteiger partial charge in [-0.1, -0.05) is 12.1 Å². The molecule has 0 spiro atoms. The Bertz CT molecular complexity index is 966. The number of fused-ring (bicyclic) bond motifs is 1. The summed E-state index contributed by atoms with van der Waals surface area (Å²) in [6, 6.07) is 7.45. The fraction of sp³-hybridized carbons (Fsp3) is 0.118. The quantitative estimate of drug-likeness (QED) is 0.578. The molecule has 0 unspecified atom stereocenters. The third-order valence-corrected chi connectivity index (χ3v) is 4.58. The van der Waals surface area contributed by atoms with E-state index in [9.17, 15) is 19.7 Å². The predicted octanol–water partition coefficient (Wildman–Crippen LogP) is 3.20. The lowest BCUT2D eigenvalue weighted by atomic mass is 9.89. The van der Waals surface area contributed by atoms with E-state index in [0.29, 0.717) is 0 Å². The van der Waals surface area contributed by atoms with Crippen LogP contribution in [0, 0.1) is 10.1 Å². The van der Waals surface area contributed by atoms with Gasteiger partial charge in [0.25, 0.3) is 5.69 Å². The molecular formula is C17H12BrN3O4. The summed E-state index contributed by atoms with van der Waals surface area (Å²) in [4.78, 5) is 42.1. The Morgan fingerprint density at radius 1 is 1.08 bits per heavy atom. The molecule has 0 atom stereocenters. The van der Waals surface area contributed by atoms with Crippen molar-refractivity contribution in [3.05, 3.63) is 67.9 Å². The molecule has 126 valence electrons. The maximum Gasteiger partial charge on any atom is 0.278 e. The minimum Gasteiger partial charge on any atom is -0.373 e. The second-order valence-electron chi connectivity index (χ2n) is 5.57. The molecule has 0 N–H and O–H groups in total. The van der Waals surface area contributed by atoms with Crippen LogP contribution in [0.25, 0.3) is 11.3 Å². The van der Waals surface area contributed by atoms with E-state index >= 15 is 0 Å². The highest BCUT2D eigenvalue weighted by Crippen LogP contribution is 2.37. The maximum absolute atomic E-state index is 12.9. The molecule has 0 radical (unpaired) electrons. The molecule has 0 amide bonds. The van der Waals surface area contributed by atoms with E-state index in [1.807, 2.05) is 0 Å². The molecule has 3 rings (SSSR count). The zero-order chi connectivity index (χ0) is 18.3. The van der Waals surface area contributed by atoms with Gasteiger partial charge in [0.1, 0.15) is 5.70 Å². The number of hydrogen-bond acceptors (Lipinski definition) is 6. The van der Waals surface area contributed by atoms with Crippen LogP contribution in [0.1, 0.15) is 20.7 Å². The lowest BCUT2D eigenvalue weighted by Crippen LogP contribution is -2.29. The average molecular weight is 402 g/mol. The summed E-state index contributed by atoms with van der Waals surface area (Å²) in [5.41, 5.74) is 0.621. The molecule has 1 aliphatic carbocycles. The van der Waals surface area contributed by atoms with Gasteiger partial charge in [0.05, 0.1) is 26.2 Å². The number of nitro groups is 1. The number of pyridine rings is 1. The van der Waals surface area contributed by atoms with Crippen molar-refractivity contribution in [2.24, 2.45) is 0 Å². The number of carbonyl (C=O) groups is 2. The number of likely N-dealkylation sites (N-methyl/N-ethyl adjacent to an activating group) is 1. The van der Waals surface area contributed by atoms with Gasteiger partial charge in [-0.05, 0) is 28.1 Å². The molecule has 2 aromatic rings. The summed E-state index contributed by atoms with van der Waals surface area (Å²) in [6.45, 7) is 0.